The first-order valence-electron chi connectivity index (χ1n) is 5.48. The first-order valence-corrected chi connectivity index (χ1v) is 6.70. The Bertz CT molecular complexity index is 312. The van der Waals surface area contributed by atoms with E-state index in [1.165, 1.54) is 19.3 Å². The van der Waals surface area contributed by atoms with Crippen LogP contribution in [0.15, 0.2) is 12.4 Å². The summed E-state index contributed by atoms with van der Waals surface area (Å²) in [6, 6.07) is 0. The van der Waals surface area contributed by atoms with Gasteiger partial charge in [-0.1, -0.05) is 6.42 Å². The lowest BCUT2D eigenvalue weighted by molar-refractivity contribution is 0.344. The second kappa shape index (κ2) is 4.58. The third-order valence-corrected chi connectivity index (χ3v) is 4.77. The number of hydrogen-bond acceptors (Lipinski definition) is 3. The van der Waals surface area contributed by atoms with Crippen LogP contribution in [0.25, 0.3) is 0 Å². The lowest BCUT2D eigenvalue weighted by Crippen LogP contribution is -2.43. The van der Waals surface area contributed by atoms with Crippen LogP contribution in [0.4, 0.5) is 0 Å². The molecule has 1 N–H and O–H groups in total. The van der Waals surface area contributed by atoms with Crippen molar-refractivity contribution in [1.82, 2.24) is 14.9 Å². The van der Waals surface area contributed by atoms with Crippen molar-refractivity contribution in [2.45, 2.75) is 30.6 Å². The first kappa shape index (κ1) is 11.0. The second-order valence-electron chi connectivity index (χ2n) is 4.30. The highest BCUT2D eigenvalue weighted by Crippen LogP contribution is 2.42. The molecule has 4 heteroatoms. The molecule has 0 bridgehead atoms. The summed E-state index contributed by atoms with van der Waals surface area (Å²) in [5.74, 6) is 1.12. The van der Waals surface area contributed by atoms with Crippen molar-refractivity contribution in [3.05, 3.63) is 18.2 Å². The van der Waals surface area contributed by atoms with E-state index in [2.05, 4.69) is 21.1 Å². The lowest BCUT2D eigenvalue weighted by atomic mass is 9.84. The van der Waals surface area contributed by atoms with Gasteiger partial charge in [-0.25, -0.2) is 4.98 Å². The molecule has 1 aliphatic carbocycles. The number of nitrogens with zero attached hydrogens (tertiary/aromatic N) is 2. The minimum atomic E-state index is 0.519. The predicted octanol–water partition coefficient (Wildman–Crippen LogP) is 1.80. The van der Waals surface area contributed by atoms with Gasteiger partial charge in [0.25, 0.3) is 0 Å². The Morgan fingerprint density at radius 2 is 2.40 bits per heavy atom. The molecule has 0 saturated heterocycles. The van der Waals surface area contributed by atoms with Crippen molar-refractivity contribution in [3.63, 3.8) is 0 Å². The summed E-state index contributed by atoms with van der Waals surface area (Å²) in [6.45, 7) is 1.99. The van der Waals surface area contributed by atoms with Gasteiger partial charge in [0.2, 0.25) is 0 Å². The molecule has 1 saturated carbocycles. The maximum Gasteiger partial charge on any atom is 0.122 e. The Labute approximate surface area is 95.7 Å². The van der Waals surface area contributed by atoms with Gasteiger partial charge in [-0.05, 0) is 19.1 Å². The molecule has 0 aromatic carbocycles. The highest BCUT2D eigenvalue weighted by molar-refractivity contribution is 8.00. The molecule has 15 heavy (non-hydrogen) atoms. The zero-order valence-corrected chi connectivity index (χ0v) is 10.3. The molecule has 0 amide bonds. The maximum absolute atomic E-state index is 4.30. The fourth-order valence-corrected chi connectivity index (χ4v) is 2.94. The maximum atomic E-state index is 4.30. The van der Waals surface area contributed by atoms with E-state index >= 15 is 0 Å². The fraction of sp³-hybridized carbons (Fsp3) is 0.727. The Morgan fingerprint density at radius 3 is 2.87 bits per heavy atom. The molecule has 1 aromatic heterocycles. The average Bonchev–Trinajstić information content (AvgIpc) is 2.57. The summed E-state index contributed by atoms with van der Waals surface area (Å²) >= 11 is 2.01. The number of aromatic nitrogens is 2. The zero-order valence-electron chi connectivity index (χ0n) is 9.49. The van der Waals surface area contributed by atoms with Crippen molar-refractivity contribution in [2.75, 3.05) is 12.8 Å². The number of aryl methyl sites for hydroxylation is 1. The van der Waals surface area contributed by atoms with Crippen LogP contribution in [-0.2, 0) is 13.6 Å². The van der Waals surface area contributed by atoms with Gasteiger partial charge in [-0.3, -0.25) is 0 Å². The smallest absolute Gasteiger partial charge is 0.122 e. The summed E-state index contributed by atoms with van der Waals surface area (Å²) in [5, 5.41) is 3.52. The van der Waals surface area contributed by atoms with Crippen LogP contribution in [0.3, 0.4) is 0 Å². The number of thioether (sulfide) groups is 1. The Balaban J connectivity index is 1.77. The van der Waals surface area contributed by atoms with Crippen molar-refractivity contribution >= 4 is 11.8 Å². The van der Waals surface area contributed by atoms with Gasteiger partial charge >= 0.3 is 0 Å². The molecule has 0 aliphatic heterocycles. The van der Waals surface area contributed by atoms with Crippen LogP contribution < -0.4 is 5.32 Å². The van der Waals surface area contributed by atoms with Crippen LogP contribution >= 0.6 is 11.8 Å². The van der Waals surface area contributed by atoms with Gasteiger partial charge in [0.05, 0.1) is 6.54 Å². The quantitative estimate of drug-likeness (QED) is 0.828. The molecule has 84 valence electrons. The van der Waals surface area contributed by atoms with E-state index in [-0.39, 0.29) is 0 Å². The summed E-state index contributed by atoms with van der Waals surface area (Å²) in [5.41, 5.74) is 0. The first-order chi connectivity index (χ1) is 7.26. The zero-order chi connectivity index (χ0) is 10.7. The molecule has 0 radical (unpaired) electrons. The third kappa shape index (κ3) is 2.37. The number of imidazole rings is 1. The van der Waals surface area contributed by atoms with E-state index in [9.17, 15) is 0 Å². The van der Waals surface area contributed by atoms with Gasteiger partial charge in [0, 0.05) is 30.7 Å². The Hall–Kier alpha value is -0.480. The van der Waals surface area contributed by atoms with Gasteiger partial charge < -0.3 is 9.88 Å². The van der Waals surface area contributed by atoms with Crippen LogP contribution in [0.5, 0.6) is 0 Å². The minimum absolute atomic E-state index is 0.519. The van der Waals surface area contributed by atoms with Crippen molar-refractivity contribution in [2.24, 2.45) is 7.05 Å². The normalized spacial score (nSPS) is 18.8. The van der Waals surface area contributed by atoms with Crippen LogP contribution in [0, 0.1) is 0 Å². The van der Waals surface area contributed by atoms with E-state index in [0.29, 0.717) is 4.75 Å². The monoisotopic (exact) mass is 225 g/mol. The molecule has 3 nitrogen and oxygen atoms in total. The molecule has 1 heterocycles. The third-order valence-electron chi connectivity index (χ3n) is 3.35. The summed E-state index contributed by atoms with van der Waals surface area (Å²) in [6.07, 6.45) is 10.2. The average molecular weight is 225 g/mol. The standard InChI is InChI=1S/C11H19N3S/c1-14-7-6-13-10(14)8-12-9-11(15-2)4-3-5-11/h6-7,12H,3-5,8-9H2,1-2H3. The Kier molecular flexibility index (Phi) is 3.36. The number of hydrogen-bond donors (Lipinski definition) is 1. The lowest BCUT2D eigenvalue weighted by Gasteiger charge is -2.40. The van der Waals surface area contributed by atoms with E-state index in [1.54, 1.807) is 0 Å². The van der Waals surface area contributed by atoms with Gasteiger partial charge in [0.15, 0.2) is 0 Å². The van der Waals surface area contributed by atoms with E-state index < -0.39 is 0 Å². The topological polar surface area (TPSA) is 29.9 Å². The predicted molar refractivity (Wildman–Crippen MR) is 65.0 cm³/mol. The molecule has 1 fully saturated rings. The summed E-state index contributed by atoms with van der Waals surface area (Å²) in [4.78, 5) is 4.30. The molecule has 1 aliphatic rings. The number of rotatable bonds is 5. The summed E-state index contributed by atoms with van der Waals surface area (Å²) < 4.78 is 2.59. The molecule has 1 aromatic rings. The van der Waals surface area contributed by atoms with E-state index in [4.69, 9.17) is 0 Å². The SMILES string of the molecule is CSC1(CNCc2nccn2C)CCC1. The molecular weight excluding hydrogens is 206 g/mol. The molecule has 2 rings (SSSR count). The van der Waals surface area contributed by atoms with Crippen LogP contribution in [0.1, 0.15) is 25.1 Å². The summed E-state index contributed by atoms with van der Waals surface area (Å²) in [7, 11) is 2.04. The van der Waals surface area contributed by atoms with Gasteiger partial charge in [-0.2, -0.15) is 11.8 Å². The van der Waals surface area contributed by atoms with Gasteiger partial charge in [0.1, 0.15) is 5.82 Å². The van der Waals surface area contributed by atoms with Crippen molar-refractivity contribution in [3.8, 4) is 0 Å². The van der Waals surface area contributed by atoms with E-state index in [0.717, 1.165) is 18.9 Å². The fourth-order valence-electron chi connectivity index (χ4n) is 1.99. The second-order valence-corrected chi connectivity index (χ2v) is 5.57. The highest BCUT2D eigenvalue weighted by atomic mass is 32.2. The van der Waals surface area contributed by atoms with Crippen LogP contribution in [0.2, 0.25) is 0 Å². The molecular formula is C11H19N3S. The molecule has 0 unspecified atom stereocenters. The molecule has 0 atom stereocenters. The largest absolute Gasteiger partial charge is 0.337 e. The Morgan fingerprint density at radius 1 is 1.60 bits per heavy atom. The highest BCUT2D eigenvalue weighted by Gasteiger charge is 2.35. The minimum Gasteiger partial charge on any atom is -0.337 e. The van der Waals surface area contributed by atoms with Gasteiger partial charge in [-0.15, -0.1) is 0 Å². The molecule has 0 spiro atoms. The number of nitrogens with one attached hydrogen (secondary N) is 1. The van der Waals surface area contributed by atoms with E-state index in [1.807, 2.05) is 31.2 Å². The van der Waals surface area contributed by atoms with Crippen molar-refractivity contribution < 1.29 is 0 Å². The van der Waals surface area contributed by atoms with Crippen LogP contribution in [-0.4, -0.2) is 27.1 Å². The van der Waals surface area contributed by atoms with Crippen molar-refractivity contribution in [1.29, 1.82) is 0 Å².